The highest BCUT2D eigenvalue weighted by Gasteiger charge is 2.38. The molecule has 0 aromatic heterocycles. The molecule has 1 unspecified atom stereocenters. The van der Waals surface area contributed by atoms with Crippen LogP contribution in [0.3, 0.4) is 0 Å². The fourth-order valence-corrected chi connectivity index (χ4v) is 1.56. The summed E-state index contributed by atoms with van der Waals surface area (Å²) in [5.74, 6) is -2.97. The molecule has 1 atom stereocenters. The summed E-state index contributed by atoms with van der Waals surface area (Å²) in [5, 5.41) is 7.25. The minimum absolute atomic E-state index is 0.00521. The number of alkyl halides is 2. The van der Waals surface area contributed by atoms with E-state index in [-0.39, 0.29) is 24.7 Å². The maximum Gasteiger partial charge on any atom is 0.248 e. The molecule has 0 amide bonds. The first-order chi connectivity index (χ1) is 5.55. The zero-order valence-corrected chi connectivity index (χ0v) is 7.07. The van der Waals surface area contributed by atoms with Gasteiger partial charge in [0, 0.05) is 18.8 Å². The van der Waals surface area contributed by atoms with Crippen molar-refractivity contribution in [2.24, 2.45) is 5.92 Å². The van der Waals surface area contributed by atoms with E-state index in [1.165, 1.54) is 7.11 Å². The number of rotatable bonds is 1. The first kappa shape index (κ1) is 9.42. The second-order valence-electron chi connectivity index (χ2n) is 3.22. The van der Waals surface area contributed by atoms with Crippen LogP contribution in [0.2, 0.25) is 0 Å². The van der Waals surface area contributed by atoms with Crippen molar-refractivity contribution in [1.82, 2.24) is 0 Å². The number of halogens is 2. The van der Waals surface area contributed by atoms with Gasteiger partial charge in [0.15, 0.2) is 5.90 Å². The molecule has 1 saturated carbocycles. The summed E-state index contributed by atoms with van der Waals surface area (Å²) in [6, 6.07) is 0. The molecule has 0 aliphatic heterocycles. The lowest BCUT2D eigenvalue weighted by Crippen LogP contribution is -2.30. The quantitative estimate of drug-likeness (QED) is 0.484. The summed E-state index contributed by atoms with van der Waals surface area (Å²) in [6.45, 7) is 0. The molecule has 0 saturated heterocycles. The Morgan fingerprint density at radius 1 is 1.58 bits per heavy atom. The molecule has 1 aliphatic rings. The van der Waals surface area contributed by atoms with Crippen molar-refractivity contribution in [3.8, 4) is 0 Å². The highest BCUT2D eigenvalue weighted by Crippen LogP contribution is 2.36. The number of nitrogens with one attached hydrogen (secondary N) is 1. The van der Waals surface area contributed by atoms with Crippen molar-refractivity contribution in [1.29, 1.82) is 5.41 Å². The molecule has 0 aromatic carbocycles. The van der Waals surface area contributed by atoms with E-state index in [2.05, 4.69) is 4.74 Å². The predicted molar refractivity (Wildman–Crippen MR) is 41.6 cm³/mol. The van der Waals surface area contributed by atoms with Gasteiger partial charge < -0.3 is 4.74 Å². The Hall–Kier alpha value is -0.670. The molecule has 1 rings (SSSR count). The maximum absolute atomic E-state index is 12.8. The molecule has 1 fully saturated rings. The average Bonchev–Trinajstić information content (AvgIpc) is 2.01. The molecule has 4 heteroatoms. The zero-order chi connectivity index (χ0) is 9.19. The minimum Gasteiger partial charge on any atom is -0.484 e. The molecule has 1 N–H and O–H groups in total. The largest absolute Gasteiger partial charge is 0.484 e. The van der Waals surface area contributed by atoms with Crippen LogP contribution in [-0.4, -0.2) is 18.9 Å². The van der Waals surface area contributed by atoms with Gasteiger partial charge in [-0.1, -0.05) is 0 Å². The van der Waals surface area contributed by atoms with Gasteiger partial charge in [-0.2, -0.15) is 0 Å². The molecule has 0 bridgehead atoms. The van der Waals surface area contributed by atoms with Crippen molar-refractivity contribution in [2.45, 2.75) is 31.6 Å². The summed E-state index contributed by atoms with van der Waals surface area (Å²) in [7, 11) is 1.36. The molecule has 0 spiro atoms. The maximum atomic E-state index is 12.8. The summed E-state index contributed by atoms with van der Waals surface area (Å²) in [6.07, 6.45) is 0.881. The standard InChI is InChI=1S/C8H13F2NO/c1-12-7(11)6-3-2-4-8(9,10)5-6/h6,11H,2-5H2,1H3. The molecule has 2 nitrogen and oxygen atoms in total. The van der Waals surface area contributed by atoms with Crippen LogP contribution in [-0.2, 0) is 4.74 Å². The molecule has 1 aliphatic carbocycles. The van der Waals surface area contributed by atoms with Crippen LogP contribution in [0.15, 0.2) is 0 Å². The third-order valence-electron chi connectivity index (χ3n) is 2.23. The summed E-state index contributed by atoms with van der Waals surface area (Å²) < 4.78 is 30.2. The van der Waals surface area contributed by atoms with E-state index in [4.69, 9.17) is 5.41 Å². The van der Waals surface area contributed by atoms with E-state index in [1.54, 1.807) is 0 Å². The van der Waals surface area contributed by atoms with Gasteiger partial charge in [-0.3, -0.25) is 5.41 Å². The zero-order valence-electron chi connectivity index (χ0n) is 7.07. The van der Waals surface area contributed by atoms with Gasteiger partial charge in [-0.15, -0.1) is 0 Å². The van der Waals surface area contributed by atoms with Gasteiger partial charge in [0.25, 0.3) is 0 Å². The van der Waals surface area contributed by atoms with E-state index in [0.717, 1.165) is 0 Å². The van der Waals surface area contributed by atoms with E-state index in [0.29, 0.717) is 12.8 Å². The minimum atomic E-state index is -2.59. The second-order valence-corrected chi connectivity index (χ2v) is 3.22. The van der Waals surface area contributed by atoms with Crippen LogP contribution in [0.4, 0.5) is 8.78 Å². The van der Waals surface area contributed by atoms with Gasteiger partial charge in [-0.05, 0) is 12.8 Å². The van der Waals surface area contributed by atoms with Crippen LogP contribution in [0, 0.1) is 11.3 Å². The fourth-order valence-electron chi connectivity index (χ4n) is 1.56. The number of hydrogen-bond acceptors (Lipinski definition) is 2. The van der Waals surface area contributed by atoms with E-state index < -0.39 is 5.92 Å². The molecular formula is C8H13F2NO. The number of ether oxygens (including phenoxy) is 1. The summed E-state index contributed by atoms with van der Waals surface area (Å²) in [5.41, 5.74) is 0. The smallest absolute Gasteiger partial charge is 0.248 e. The van der Waals surface area contributed by atoms with Crippen molar-refractivity contribution in [3.05, 3.63) is 0 Å². The van der Waals surface area contributed by atoms with Gasteiger partial charge in [0.05, 0.1) is 7.11 Å². The average molecular weight is 177 g/mol. The van der Waals surface area contributed by atoms with Gasteiger partial charge in [-0.25, -0.2) is 8.78 Å². The van der Waals surface area contributed by atoms with Crippen LogP contribution in [0.5, 0.6) is 0 Å². The van der Waals surface area contributed by atoms with Crippen LogP contribution in [0.1, 0.15) is 25.7 Å². The highest BCUT2D eigenvalue weighted by atomic mass is 19.3. The predicted octanol–water partition coefficient (Wildman–Crippen LogP) is 2.44. The molecular weight excluding hydrogens is 164 g/mol. The normalized spacial score (nSPS) is 28.1. The SMILES string of the molecule is COC(=N)C1CCCC(F)(F)C1. The molecule has 0 heterocycles. The van der Waals surface area contributed by atoms with E-state index in [9.17, 15) is 8.78 Å². The summed E-state index contributed by atoms with van der Waals surface area (Å²) >= 11 is 0. The Labute approximate surface area is 70.4 Å². The van der Waals surface area contributed by atoms with Crippen molar-refractivity contribution < 1.29 is 13.5 Å². The Morgan fingerprint density at radius 3 is 2.75 bits per heavy atom. The monoisotopic (exact) mass is 177 g/mol. The third-order valence-corrected chi connectivity index (χ3v) is 2.23. The Kier molecular flexibility index (Phi) is 2.65. The first-order valence-corrected chi connectivity index (χ1v) is 4.05. The molecule has 0 radical (unpaired) electrons. The van der Waals surface area contributed by atoms with Crippen molar-refractivity contribution >= 4 is 5.90 Å². The fraction of sp³-hybridized carbons (Fsp3) is 0.875. The van der Waals surface area contributed by atoms with Crippen LogP contribution in [0.25, 0.3) is 0 Å². The molecule has 12 heavy (non-hydrogen) atoms. The van der Waals surface area contributed by atoms with Gasteiger partial charge in [0.1, 0.15) is 0 Å². The Bertz CT molecular complexity index is 182. The lowest BCUT2D eigenvalue weighted by atomic mass is 9.86. The van der Waals surface area contributed by atoms with Gasteiger partial charge in [0.2, 0.25) is 5.92 Å². The Balaban J connectivity index is 2.52. The molecule has 0 aromatic rings. The number of hydrogen-bond donors (Lipinski definition) is 1. The van der Waals surface area contributed by atoms with Crippen LogP contribution < -0.4 is 0 Å². The van der Waals surface area contributed by atoms with E-state index >= 15 is 0 Å². The lowest BCUT2D eigenvalue weighted by molar-refractivity contribution is -0.0451. The van der Waals surface area contributed by atoms with E-state index in [1.807, 2.05) is 0 Å². The third kappa shape index (κ3) is 2.16. The van der Waals surface area contributed by atoms with Crippen molar-refractivity contribution in [3.63, 3.8) is 0 Å². The lowest BCUT2D eigenvalue weighted by Gasteiger charge is -2.28. The second kappa shape index (κ2) is 3.37. The van der Waals surface area contributed by atoms with Crippen molar-refractivity contribution in [2.75, 3.05) is 7.11 Å². The Morgan fingerprint density at radius 2 is 2.25 bits per heavy atom. The van der Waals surface area contributed by atoms with Gasteiger partial charge >= 0.3 is 0 Å². The topological polar surface area (TPSA) is 33.1 Å². The molecule has 70 valence electrons. The highest BCUT2D eigenvalue weighted by molar-refractivity contribution is 5.75. The number of methoxy groups -OCH3 is 1. The van der Waals surface area contributed by atoms with Crippen LogP contribution >= 0.6 is 0 Å². The first-order valence-electron chi connectivity index (χ1n) is 4.05. The summed E-state index contributed by atoms with van der Waals surface area (Å²) in [4.78, 5) is 0.